The highest BCUT2D eigenvalue weighted by atomic mass is 16.5. The smallest absolute Gasteiger partial charge is 0.255 e. The van der Waals surface area contributed by atoms with Gasteiger partial charge in [-0.3, -0.25) is 0 Å². The fraction of sp³-hybridized carbons (Fsp3) is 0.818. The predicted molar refractivity (Wildman–Crippen MR) is 58.8 cm³/mol. The summed E-state index contributed by atoms with van der Waals surface area (Å²) in [6.45, 7) is 5.62. The van der Waals surface area contributed by atoms with Crippen LogP contribution in [0.3, 0.4) is 0 Å². The van der Waals surface area contributed by atoms with Gasteiger partial charge in [0.25, 0.3) is 5.89 Å². The molecular formula is C11H19N3O2. The molecule has 90 valence electrons. The Labute approximate surface area is 95.6 Å². The van der Waals surface area contributed by atoms with E-state index in [1.807, 2.05) is 0 Å². The maximum Gasteiger partial charge on any atom is 0.255 e. The van der Waals surface area contributed by atoms with Crippen LogP contribution in [0.5, 0.6) is 0 Å². The fourth-order valence-corrected chi connectivity index (χ4v) is 1.70. The third-order valence-electron chi connectivity index (χ3n) is 2.61. The maximum absolute atomic E-state index is 5.59. The van der Waals surface area contributed by atoms with Crippen molar-refractivity contribution in [3.8, 4) is 0 Å². The lowest BCUT2D eigenvalue weighted by Crippen LogP contribution is -2.22. The van der Waals surface area contributed by atoms with E-state index in [4.69, 9.17) is 9.26 Å². The fourth-order valence-electron chi connectivity index (χ4n) is 1.70. The van der Waals surface area contributed by atoms with Crippen molar-refractivity contribution in [1.82, 2.24) is 15.5 Å². The average molecular weight is 225 g/mol. The Morgan fingerprint density at radius 1 is 1.44 bits per heavy atom. The Morgan fingerprint density at radius 3 is 3.00 bits per heavy atom. The van der Waals surface area contributed by atoms with Crippen LogP contribution in [-0.2, 0) is 11.3 Å². The minimum Gasteiger partial charge on any atom is -0.368 e. The van der Waals surface area contributed by atoms with Crippen LogP contribution in [-0.4, -0.2) is 22.8 Å². The monoisotopic (exact) mass is 225 g/mol. The molecule has 0 amide bonds. The lowest BCUT2D eigenvalue weighted by atomic mass is 10.1. The highest BCUT2D eigenvalue weighted by Crippen LogP contribution is 2.26. The van der Waals surface area contributed by atoms with E-state index in [1.54, 1.807) is 0 Å². The SMILES string of the molecule is CC(C)NCc1noc(C2CCCCO2)n1. The predicted octanol–water partition coefficient (Wildman–Crippen LogP) is 1.81. The minimum atomic E-state index is 0.00838. The second kappa shape index (κ2) is 5.41. The summed E-state index contributed by atoms with van der Waals surface area (Å²) >= 11 is 0. The van der Waals surface area contributed by atoms with Crippen molar-refractivity contribution in [2.45, 2.75) is 51.8 Å². The number of aromatic nitrogens is 2. The summed E-state index contributed by atoms with van der Waals surface area (Å²) in [6, 6.07) is 0.424. The molecule has 1 aromatic rings. The molecule has 16 heavy (non-hydrogen) atoms. The van der Waals surface area contributed by atoms with Gasteiger partial charge < -0.3 is 14.6 Å². The van der Waals surface area contributed by atoms with Gasteiger partial charge in [0.1, 0.15) is 6.10 Å². The largest absolute Gasteiger partial charge is 0.368 e. The molecule has 5 heteroatoms. The molecule has 1 N–H and O–H groups in total. The van der Waals surface area contributed by atoms with Crippen LogP contribution in [0.4, 0.5) is 0 Å². The van der Waals surface area contributed by atoms with Gasteiger partial charge in [0.05, 0.1) is 6.54 Å². The molecule has 1 atom stereocenters. The molecular weight excluding hydrogens is 206 g/mol. The molecule has 0 saturated carbocycles. The zero-order valence-electron chi connectivity index (χ0n) is 9.90. The number of ether oxygens (including phenoxy) is 1. The van der Waals surface area contributed by atoms with Gasteiger partial charge in [-0.1, -0.05) is 19.0 Å². The quantitative estimate of drug-likeness (QED) is 0.846. The summed E-state index contributed by atoms with van der Waals surface area (Å²) in [6.07, 6.45) is 3.30. The first kappa shape index (κ1) is 11.5. The molecule has 0 aliphatic carbocycles. The Bertz CT molecular complexity index is 319. The Hall–Kier alpha value is -0.940. The van der Waals surface area contributed by atoms with Crippen molar-refractivity contribution in [2.75, 3.05) is 6.61 Å². The molecule has 5 nitrogen and oxygen atoms in total. The Morgan fingerprint density at radius 2 is 2.31 bits per heavy atom. The molecule has 1 fully saturated rings. The van der Waals surface area contributed by atoms with Crippen LogP contribution < -0.4 is 5.32 Å². The average Bonchev–Trinajstić information content (AvgIpc) is 2.76. The lowest BCUT2D eigenvalue weighted by Gasteiger charge is -2.18. The molecule has 0 spiro atoms. The van der Waals surface area contributed by atoms with Crippen molar-refractivity contribution in [1.29, 1.82) is 0 Å². The number of hydrogen-bond acceptors (Lipinski definition) is 5. The van der Waals surface area contributed by atoms with Crippen LogP contribution in [0.25, 0.3) is 0 Å². The second-order valence-corrected chi connectivity index (χ2v) is 4.44. The van der Waals surface area contributed by atoms with Gasteiger partial charge in [-0.15, -0.1) is 0 Å². The summed E-state index contributed by atoms with van der Waals surface area (Å²) < 4.78 is 10.8. The van der Waals surface area contributed by atoms with Gasteiger partial charge in [0.15, 0.2) is 5.82 Å². The summed E-state index contributed by atoms with van der Waals surface area (Å²) in [5.74, 6) is 1.33. The highest BCUT2D eigenvalue weighted by molar-refractivity contribution is 4.91. The van der Waals surface area contributed by atoms with Crippen LogP contribution >= 0.6 is 0 Å². The van der Waals surface area contributed by atoms with Crippen molar-refractivity contribution < 1.29 is 9.26 Å². The van der Waals surface area contributed by atoms with Gasteiger partial charge in [0, 0.05) is 12.6 Å². The minimum absolute atomic E-state index is 0.00838. The van der Waals surface area contributed by atoms with Crippen molar-refractivity contribution in [2.24, 2.45) is 0 Å². The van der Waals surface area contributed by atoms with Crippen LogP contribution in [0.1, 0.15) is 50.9 Å². The molecule has 1 saturated heterocycles. The zero-order valence-corrected chi connectivity index (χ0v) is 9.90. The summed E-state index contributed by atoms with van der Waals surface area (Å²) in [7, 11) is 0. The first-order chi connectivity index (χ1) is 7.75. The van der Waals surface area contributed by atoms with Crippen LogP contribution in [0.2, 0.25) is 0 Å². The van der Waals surface area contributed by atoms with E-state index >= 15 is 0 Å². The standard InChI is InChI=1S/C11H19N3O2/c1-8(2)12-7-10-13-11(16-14-10)9-5-3-4-6-15-9/h8-9,12H,3-7H2,1-2H3. The van der Waals surface area contributed by atoms with Gasteiger partial charge >= 0.3 is 0 Å². The van der Waals surface area contributed by atoms with Crippen molar-refractivity contribution in [3.05, 3.63) is 11.7 Å². The number of nitrogens with one attached hydrogen (secondary N) is 1. The lowest BCUT2D eigenvalue weighted by molar-refractivity contribution is -0.00459. The van der Waals surface area contributed by atoms with E-state index in [9.17, 15) is 0 Å². The Balaban J connectivity index is 1.90. The number of rotatable bonds is 4. The van der Waals surface area contributed by atoms with Crippen LogP contribution in [0.15, 0.2) is 4.52 Å². The van der Waals surface area contributed by atoms with E-state index in [-0.39, 0.29) is 6.10 Å². The van der Waals surface area contributed by atoms with E-state index in [0.717, 1.165) is 19.4 Å². The van der Waals surface area contributed by atoms with E-state index < -0.39 is 0 Å². The summed E-state index contributed by atoms with van der Waals surface area (Å²) in [5.41, 5.74) is 0. The number of nitrogens with zero attached hydrogens (tertiary/aromatic N) is 2. The summed E-state index contributed by atoms with van der Waals surface area (Å²) in [5, 5.41) is 7.19. The molecule has 2 heterocycles. The van der Waals surface area contributed by atoms with E-state index in [1.165, 1.54) is 6.42 Å². The molecule has 0 bridgehead atoms. The topological polar surface area (TPSA) is 60.2 Å². The van der Waals surface area contributed by atoms with Gasteiger partial charge in [-0.25, -0.2) is 0 Å². The second-order valence-electron chi connectivity index (χ2n) is 4.44. The molecule has 1 aliphatic heterocycles. The van der Waals surface area contributed by atoms with Gasteiger partial charge in [-0.05, 0) is 19.3 Å². The van der Waals surface area contributed by atoms with Crippen molar-refractivity contribution >= 4 is 0 Å². The van der Waals surface area contributed by atoms with E-state index in [0.29, 0.717) is 24.3 Å². The van der Waals surface area contributed by atoms with Crippen molar-refractivity contribution in [3.63, 3.8) is 0 Å². The first-order valence-corrected chi connectivity index (χ1v) is 5.93. The molecule has 2 rings (SSSR count). The normalized spacial score (nSPS) is 21.6. The third-order valence-corrected chi connectivity index (χ3v) is 2.61. The molecule has 0 radical (unpaired) electrons. The molecule has 0 aromatic carbocycles. The molecule has 1 aromatic heterocycles. The highest BCUT2D eigenvalue weighted by Gasteiger charge is 2.22. The molecule has 1 aliphatic rings. The van der Waals surface area contributed by atoms with Crippen LogP contribution in [0, 0.1) is 0 Å². The van der Waals surface area contributed by atoms with Gasteiger partial charge in [-0.2, -0.15) is 4.98 Å². The maximum atomic E-state index is 5.59. The number of hydrogen-bond donors (Lipinski definition) is 1. The van der Waals surface area contributed by atoms with Gasteiger partial charge in [0.2, 0.25) is 0 Å². The first-order valence-electron chi connectivity index (χ1n) is 5.93. The van der Waals surface area contributed by atoms with E-state index in [2.05, 4.69) is 29.3 Å². The summed E-state index contributed by atoms with van der Waals surface area (Å²) in [4.78, 5) is 4.34. The zero-order chi connectivity index (χ0) is 11.4. The third kappa shape index (κ3) is 3.02. The Kier molecular flexibility index (Phi) is 3.90. The molecule has 1 unspecified atom stereocenters.